The number of piperidine rings is 2. The number of nitrogens with zero attached hydrogens (tertiary/aromatic N) is 2. The molecule has 6 heteroatoms. The monoisotopic (exact) mass is 342 g/mol. The predicted molar refractivity (Wildman–Crippen MR) is 98.0 cm³/mol. The van der Waals surface area contributed by atoms with Gasteiger partial charge in [-0.3, -0.25) is 14.9 Å². The molecule has 0 saturated carbocycles. The third kappa shape index (κ3) is 2.99. The quantitative estimate of drug-likeness (QED) is 0.804. The minimum Gasteiger partial charge on any atom is -0.371 e. The molecule has 1 aromatic rings. The maximum Gasteiger partial charge on any atom is 0.249 e. The molecule has 0 aromatic heterocycles. The highest BCUT2D eigenvalue weighted by Gasteiger charge is 2.36. The van der Waals surface area contributed by atoms with Gasteiger partial charge in [0, 0.05) is 49.0 Å². The molecule has 0 aliphatic carbocycles. The Kier molecular flexibility index (Phi) is 4.37. The molecule has 2 saturated heterocycles. The fraction of sp³-hybridized carbons (Fsp3) is 0.579. The average Bonchev–Trinajstić information content (AvgIpc) is 3.06. The molecule has 0 spiro atoms. The lowest BCUT2D eigenvalue weighted by Gasteiger charge is -2.35. The maximum absolute atomic E-state index is 12.3. The maximum atomic E-state index is 12.3. The van der Waals surface area contributed by atoms with E-state index in [9.17, 15) is 9.59 Å². The molecule has 2 N–H and O–H groups in total. The summed E-state index contributed by atoms with van der Waals surface area (Å²) >= 11 is 0. The van der Waals surface area contributed by atoms with E-state index >= 15 is 0 Å². The van der Waals surface area contributed by atoms with Gasteiger partial charge in [-0.05, 0) is 44.9 Å². The molecule has 4 rings (SSSR count). The molecule has 1 atom stereocenters. The van der Waals surface area contributed by atoms with Crippen molar-refractivity contribution in [2.45, 2.75) is 44.2 Å². The first-order valence-electron chi connectivity index (χ1n) is 9.32. The van der Waals surface area contributed by atoms with Gasteiger partial charge in [-0.1, -0.05) is 6.07 Å². The van der Waals surface area contributed by atoms with E-state index in [0.29, 0.717) is 18.9 Å². The van der Waals surface area contributed by atoms with Crippen molar-refractivity contribution in [3.05, 3.63) is 23.8 Å². The highest BCUT2D eigenvalue weighted by Crippen LogP contribution is 2.38. The van der Waals surface area contributed by atoms with Crippen LogP contribution in [0.2, 0.25) is 0 Å². The topological polar surface area (TPSA) is 64.7 Å². The summed E-state index contributed by atoms with van der Waals surface area (Å²) in [6, 6.07) is 6.84. The molecule has 1 aromatic carbocycles. The lowest BCUT2D eigenvalue weighted by Crippen LogP contribution is -2.52. The van der Waals surface area contributed by atoms with Gasteiger partial charge in [0.1, 0.15) is 6.04 Å². The molecule has 3 aliphatic heterocycles. The first kappa shape index (κ1) is 16.4. The summed E-state index contributed by atoms with van der Waals surface area (Å²) in [5.74, 6) is -0.300. The smallest absolute Gasteiger partial charge is 0.249 e. The number of carbonyl (C=O) groups is 2. The van der Waals surface area contributed by atoms with E-state index in [0.717, 1.165) is 38.9 Å². The number of nitrogens with one attached hydrogen (secondary N) is 2. The molecule has 3 aliphatic rings. The molecule has 3 heterocycles. The number of rotatable bonds is 3. The van der Waals surface area contributed by atoms with Crippen molar-refractivity contribution in [1.29, 1.82) is 0 Å². The first-order chi connectivity index (χ1) is 12.2. The van der Waals surface area contributed by atoms with E-state index in [4.69, 9.17) is 0 Å². The number of fused-ring (bicyclic) bond motifs is 1. The van der Waals surface area contributed by atoms with Crippen molar-refractivity contribution < 1.29 is 9.59 Å². The zero-order chi connectivity index (χ0) is 17.4. The number of amides is 2. The molecular weight excluding hydrogens is 316 g/mol. The van der Waals surface area contributed by atoms with E-state index in [1.165, 1.54) is 16.9 Å². The average molecular weight is 342 g/mol. The zero-order valence-corrected chi connectivity index (χ0v) is 14.8. The van der Waals surface area contributed by atoms with Crippen LogP contribution in [0.3, 0.4) is 0 Å². The Labute approximate surface area is 148 Å². The second-order valence-corrected chi connectivity index (χ2v) is 7.24. The van der Waals surface area contributed by atoms with Gasteiger partial charge in [0.05, 0.1) is 0 Å². The molecular formula is C19H26N4O2. The number of hydrogen-bond donors (Lipinski definition) is 2. The summed E-state index contributed by atoms with van der Waals surface area (Å²) in [7, 11) is 2.04. The van der Waals surface area contributed by atoms with Crippen molar-refractivity contribution in [3.63, 3.8) is 0 Å². The Bertz CT molecular complexity index is 682. The second-order valence-electron chi connectivity index (χ2n) is 7.24. The largest absolute Gasteiger partial charge is 0.371 e. The van der Waals surface area contributed by atoms with Gasteiger partial charge >= 0.3 is 0 Å². The van der Waals surface area contributed by atoms with Crippen molar-refractivity contribution in [2.24, 2.45) is 0 Å². The number of imide groups is 1. The summed E-state index contributed by atoms with van der Waals surface area (Å²) < 4.78 is 0. The van der Waals surface area contributed by atoms with Crippen LogP contribution in [0.15, 0.2) is 18.2 Å². The highest BCUT2D eigenvalue weighted by molar-refractivity contribution is 6.02. The Morgan fingerprint density at radius 3 is 2.52 bits per heavy atom. The molecule has 6 nitrogen and oxygen atoms in total. The summed E-state index contributed by atoms with van der Waals surface area (Å²) in [6.45, 7) is 2.99. The number of anilines is 2. The Hall–Kier alpha value is -2.08. The zero-order valence-electron chi connectivity index (χ0n) is 14.8. The van der Waals surface area contributed by atoms with Crippen molar-refractivity contribution in [2.75, 3.05) is 36.5 Å². The SMILES string of the molecule is CNC1CCN(c2cccc3c2CCN3[C@@H]2CCC(=O)NC2=O)CC1. The molecule has 0 bridgehead atoms. The van der Waals surface area contributed by atoms with E-state index in [1.54, 1.807) is 0 Å². The number of carbonyl (C=O) groups excluding carboxylic acids is 2. The summed E-state index contributed by atoms with van der Waals surface area (Å²) in [5, 5.41) is 5.87. The van der Waals surface area contributed by atoms with E-state index in [-0.39, 0.29) is 17.9 Å². The predicted octanol–water partition coefficient (Wildman–Crippen LogP) is 1.04. The van der Waals surface area contributed by atoms with Gasteiger partial charge in [0.2, 0.25) is 11.8 Å². The van der Waals surface area contributed by atoms with Gasteiger partial charge in [-0.2, -0.15) is 0 Å². The van der Waals surface area contributed by atoms with Gasteiger partial charge in [-0.15, -0.1) is 0 Å². The van der Waals surface area contributed by atoms with Gasteiger partial charge in [-0.25, -0.2) is 0 Å². The van der Waals surface area contributed by atoms with Gasteiger partial charge < -0.3 is 15.1 Å². The summed E-state index contributed by atoms with van der Waals surface area (Å²) in [6.07, 6.45) is 4.34. The van der Waals surface area contributed by atoms with Crippen LogP contribution in [0.5, 0.6) is 0 Å². The highest BCUT2D eigenvalue weighted by atomic mass is 16.2. The standard InChI is InChI=1S/C19H26N4O2/c1-20-13-7-10-22(11-8-13)15-3-2-4-16-14(15)9-12-23(16)17-5-6-18(24)21-19(17)25/h2-4,13,17,20H,5-12H2,1H3,(H,21,24,25)/t17-/m1/s1. The van der Waals surface area contributed by atoms with Crippen LogP contribution in [0.1, 0.15) is 31.2 Å². The fourth-order valence-corrected chi connectivity index (χ4v) is 4.45. The van der Waals surface area contributed by atoms with Crippen molar-refractivity contribution in [3.8, 4) is 0 Å². The first-order valence-corrected chi connectivity index (χ1v) is 9.32. The van der Waals surface area contributed by atoms with Crippen LogP contribution in [-0.2, 0) is 16.0 Å². The Balaban J connectivity index is 1.56. The third-order valence-electron chi connectivity index (χ3n) is 5.87. The Morgan fingerprint density at radius 1 is 1.04 bits per heavy atom. The summed E-state index contributed by atoms with van der Waals surface area (Å²) in [5.41, 5.74) is 3.85. The minimum absolute atomic E-state index is 0.149. The Morgan fingerprint density at radius 2 is 1.80 bits per heavy atom. The normalized spacial score (nSPS) is 24.4. The van der Waals surface area contributed by atoms with Crippen LogP contribution < -0.4 is 20.4 Å². The molecule has 0 radical (unpaired) electrons. The molecule has 134 valence electrons. The molecule has 0 unspecified atom stereocenters. The van der Waals surface area contributed by atoms with Gasteiger partial charge in [0.25, 0.3) is 0 Å². The minimum atomic E-state index is -0.218. The molecule has 2 amide bonds. The van der Waals surface area contributed by atoms with E-state index < -0.39 is 0 Å². The third-order valence-corrected chi connectivity index (χ3v) is 5.87. The summed E-state index contributed by atoms with van der Waals surface area (Å²) in [4.78, 5) is 28.4. The number of hydrogen-bond acceptors (Lipinski definition) is 5. The fourth-order valence-electron chi connectivity index (χ4n) is 4.45. The van der Waals surface area contributed by atoms with Crippen LogP contribution in [0.25, 0.3) is 0 Å². The number of benzene rings is 1. The second kappa shape index (κ2) is 6.67. The van der Waals surface area contributed by atoms with Crippen LogP contribution in [0, 0.1) is 0 Å². The van der Waals surface area contributed by atoms with Crippen LogP contribution in [0.4, 0.5) is 11.4 Å². The lowest BCUT2D eigenvalue weighted by molar-refractivity contribution is -0.134. The van der Waals surface area contributed by atoms with Crippen LogP contribution in [-0.4, -0.2) is 50.6 Å². The molecule has 2 fully saturated rings. The molecule has 25 heavy (non-hydrogen) atoms. The van der Waals surface area contributed by atoms with Gasteiger partial charge in [0.15, 0.2) is 0 Å². The van der Waals surface area contributed by atoms with Crippen molar-refractivity contribution >= 4 is 23.2 Å². The van der Waals surface area contributed by atoms with E-state index in [2.05, 4.69) is 38.6 Å². The van der Waals surface area contributed by atoms with Crippen LogP contribution >= 0.6 is 0 Å². The van der Waals surface area contributed by atoms with Crippen molar-refractivity contribution in [1.82, 2.24) is 10.6 Å². The lowest BCUT2D eigenvalue weighted by atomic mass is 10.0. The van der Waals surface area contributed by atoms with E-state index in [1.807, 2.05) is 7.05 Å².